The molecule has 2 fully saturated rings. The van der Waals surface area contributed by atoms with Crippen LogP contribution in [-0.4, -0.2) is 16.2 Å². The summed E-state index contributed by atoms with van der Waals surface area (Å²) in [6, 6.07) is 10.6. The molecule has 2 aliphatic carbocycles. The van der Waals surface area contributed by atoms with Gasteiger partial charge in [-0.15, -0.1) is 0 Å². The van der Waals surface area contributed by atoms with E-state index < -0.39 is 0 Å². The lowest BCUT2D eigenvalue weighted by Crippen LogP contribution is -2.38. The summed E-state index contributed by atoms with van der Waals surface area (Å²) < 4.78 is 5.63. The Morgan fingerprint density at radius 1 is 1.19 bits per heavy atom. The van der Waals surface area contributed by atoms with Crippen molar-refractivity contribution in [2.24, 2.45) is 5.73 Å². The summed E-state index contributed by atoms with van der Waals surface area (Å²) in [5.41, 5.74) is 7.37. The van der Waals surface area contributed by atoms with E-state index in [1.165, 1.54) is 5.56 Å². The van der Waals surface area contributed by atoms with Gasteiger partial charge in [-0.1, -0.05) is 41.9 Å². The number of nitrogens with zero attached hydrogens (tertiary/aromatic N) is 2. The van der Waals surface area contributed by atoms with Crippen molar-refractivity contribution in [3.63, 3.8) is 0 Å². The van der Waals surface area contributed by atoms with Crippen molar-refractivity contribution >= 4 is 0 Å². The first-order valence-electron chi connectivity index (χ1n) is 7.81. The Balaban J connectivity index is 1.70. The fourth-order valence-corrected chi connectivity index (χ4v) is 3.63. The van der Waals surface area contributed by atoms with Crippen LogP contribution in [0.4, 0.5) is 0 Å². The highest BCUT2D eigenvalue weighted by molar-refractivity contribution is 5.39. The fraction of sp³-hybridized carbons (Fsp3) is 0.529. The minimum Gasteiger partial charge on any atom is -0.339 e. The Morgan fingerprint density at radius 2 is 1.95 bits per heavy atom. The molecule has 2 saturated carbocycles. The zero-order valence-electron chi connectivity index (χ0n) is 12.4. The molecule has 0 amide bonds. The van der Waals surface area contributed by atoms with E-state index in [2.05, 4.69) is 36.3 Å². The van der Waals surface area contributed by atoms with E-state index in [4.69, 9.17) is 15.2 Å². The van der Waals surface area contributed by atoms with E-state index in [1.54, 1.807) is 0 Å². The Kier molecular flexibility index (Phi) is 2.73. The largest absolute Gasteiger partial charge is 0.339 e. The summed E-state index contributed by atoms with van der Waals surface area (Å²) in [5, 5.41) is 4.31. The highest BCUT2D eigenvalue weighted by atomic mass is 16.5. The van der Waals surface area contributed by atoms with Gasteiger partial charge in [-0.3, -0.25) is 0 Å². The molecule has 1 heterocycles. The molecule has 0 aliphatic heterocycles. The van der Waals surface area contributed by atoms with Gasteiger partial charge in [0.05, 0.1) is 10.8 Å². The summed E-state index contributed by atoms with van der Waals surface area (Å²) in [6.45, 7) is 2.16. The van der Waals surface area contributed by atoms with Gasteiger partial charge >= 0.3 is 0 Å². The Bertz CT molecular complexity index is 647. The molecule has 4 nitrogen and oxygen atoms in total. The van der Waals surface area contributed by atoms with Crippen molar-refractivity contribution in [1.29, 1.82) is 0 Å². The summed E-state index contributed by atoms with van der Waals surface area (Å²) >= 11 is 0. The van der Waals surface area contributed by atoms with Gasteiger partial charge in [0.2, 0.25) is 5.89 Å². The second-order valence-corrected chi connectivity index (χ2v) is 6.79. The highest BCUT2D eigenvalue weighted by Crippen LogP contribution is 2.52. The second-order valence-electron chi connectivity index (χ2n) is 6.79. The molecule has 2 aromatic rings. The quantitative estimate of drug-likeness (QED) is 0.940. The van der Waals surface area contributed by atoms with Crippen molar-refractivity contribution < 1.29 is 4.52 Å². The smallest absolute Gasteiger partial charge is 0.234 e. The summed E-state index contributed by atoms with van der Waals surface area (Å²) in [7, 11) is 0. The Morgan fingerprint density at radius 3 is 2.57 bits per heavy atom. The molecule has 2 atom stereocenters. The Labute approximate surface area is 124 Å². The molecule has 4 heteroatoms. The van der Waals surface area contributed by atoms with Gasteiger partial charge < -0.3 is 10.3 Å². The van der Waals surface area contributed by atoms with Crippen LogP contribution in [0.2, 0.25) is 0 Å². The maximum absolute atomic E-state index is 6.26. The predicted octanol–water partition coefficient (Wildman–Crippen LogP) is 2.92. The number of nitrogens with two attached hydrogens (primary N) is 1. The molecule has 0 bridgehead atoms. The third kappa shape index (κ3) is 1.85. The lowest BCUT2D eigenvalue weighted by atomic mass is 9.85. The zero-order valence-corrected chi connectivity index (χ0v) is 12.4. The van der Waals surface area contributed by atoms with E-state index in [1.807, 2.05) is 6.07 Å². The monoisotopic (exact) mass is 283 g/mol. The third-order valence-electron chi connectivity index (χ3n) is 5.45. The van der Waals surface area contributed by atoms with Crippen LogP contribution in [-0.2, 0) is 10.8 Å². The van der Waals surface area contributed by atoms with Gasteiger partial charge in [0.15, 0.2) is 5.82 Å². The number of rotatable bonds is 3. The molecule has 2 unspecified atom stereocenters. The number of hydrogen-bond acceptors (Lipinski definition) is 4. The van der Waals surface area contributed by atoms with Gasteiger partial charge in [-0.25, -0.2) is 0 Å². The van der Waals surface area contributed by atoms with E-state index >= 15 is 0 Å². The molecule has 1 aromatic heterocycles. The molecule has 110 valence electrons. The van der Waals surface area contributed by atoms with Gasteiger partial charge in [0.1, 0.15) is 0 Å². The van der Waals surface area contributed by atoms with Crippen LogP contribution in [0.1, 0.15) is 56.3 Å². The standard InChI is InChI=1S/C17H21N3O/c1-16(9-5-8-13(16)18)15-19-14(20-21-15)17(10-11-17)12-6-3-2-4-7-12/h2-4,6-7,13H,5,8-11,18H2,1H3. The topological polar surface area (TPSA) is 64.9 Å². The van der Waals surface area contributed by atoms with E-state index in [9.17, 15) is 0 Å². The minimum atomic E-state index is -0.155. The van der Waals surface area contributed by atoms with Crippen LogP contribution < -0.4 is 5.73 Å². The maximum Gasteiger partial charge on any atom is 0.234 e. The molecular weight excluding hydrogens is 262 g/mol. The van der Waals surface area contributed by atoms with Crippen molar-refractivity contribution in [3.8, 4) is 0 Å². The van der Waals surface area contributed by atoms with Gasteiger partial charge in [0.25, 0.3) is 0 Å². The van der Waals surface area contributed by atoms with E-state index in [0.717, 1.165) is 43.8 Å². The number of hydrogen-bond donors (Lipinski definition) is 1. The number of aromatic nitrogens is 2. The van der Waals surface area contributed by atoms with Crippen LogP contribution in [0.3, 0.4) is 0 Å². The molecule has 0 radical (unpaired) electrons. The van der Waals surface area contributed by atoms with Gasteiger partial charge in [-0.05, 0) is 38.2 Å². The van der Waals surface area contributed by atoms with E-state index in [-0.39, 0.29) is 16.9 Å². The van der Waals surface area contributed by atoms with E-state index in [0.29, 0.717) is 0 Å². The zero-order chi connectivity index (χ0) is 14.5. The normalized spacial score (nSPS) is 30.5. The molecule has 0 saturated heterocycles. The Hall–Kier alpha value is -1.68. The maximum atomic E-state index is 6.26. The molecule has 0 spiro atoms. The van der Waals surface area contributed by atoms with Crippen molar-refractivity contribution in [2.45, 2.75) is 55.9 Å². The summed E-state index contributed by atoms with van der Waals surface area (Å²) in [6.07, 6.45) is 5.41. The third-order valence-corrected chi connectivity index (χ3v) is 5.45. The molecule has 4 rings (SSSR count). The second kappa shape index (κ2) is 4.41. The first-order chi connectivity index (χ1) is 10.2. The first-order valence-corrected chi connectivity index (χ1v) is 7.81. The molecular formula is C17H21N3O. The van der Waals surface area contributed by atoms with Crippen molar-refractivity contribution in [2.75, 3.05) is 0 Å². The lowest BCUT2D eigenvalue weighted by Gasteiger charge is -2.24. The van der Waals surface area contributed by atoms with Crippen LogP contribution in [0.25, 0.3) is 0 Å². The summed E-state index contributed by atoms with van der Waals surface area (Å²) in [4.78, 5) is 4.77. The molecule has 1 aromatic carbocycles. The molecule has 2 aliphatic rings. The van der Waals surface area contributed by atoms with Gasteiger partial charge in [0, 0.05) is 6.04 Å². The molecule has 21 heavy (non-hydrogen) atoms. The number of benzene rings is 1. The van der Waals surface area contributed by atoms with Crippen molar-refractivity contribution in [1.82, 2.24) is 10.1 Å². The average molecular weight is 283 g/mol. The van der Waals surface area contributed by atoms with Crippen LogP contribution >= 0.6 is 0 Å². The minimum absolute atomic E-state index is 0.0257. The van der Waals surface area contributed by atoms with Crippen molar-refractivity contribution in [3.05, 3.63) is 47.6 Å². The highest BCUT2D eigenvalue weighted by Gasteiger charge is 2.51. The first kappa shape index (κ1) is 13.0. The van der Waals surface area contributed by atoms with Gasteiger partial charge in [-0.2, -0.15) is 4.98 Å². The fourth-order valence-electron chi connectivity index (χ4n) is 3.63. The lowest BCUT2D eigenvalue weighted by molar-refractivity contribution is 0.276. The van der Waals surface area contributed by atoms with Crippen LogP contribution in [0.5, 0.6) is 0 Å². The average Bonchev–Trinajstić information content (AvgIpc) is 3.03. The SMILES string of the molecule is CC1(c2nc(C3(c4ccccc4)CC3)no2)CCCC1N. The van der Waals surface area contributed by atoms with Crippen LogP contribution in [0, 0.1) is 0 Å². The molecule has 2 N–H and O–H groups in total. The van der Waals surface area contributed by atoms with Crippen LogP contribution in [0.15, 0.2) is 34.9 Å². The summed E-state index contributed by atoms with van der Waals surface area (Å²) in [5.74, 6) is 1.56. The predicted molar refractivity (Wildman–Crippen MR) is 79.9 cm³/mol.